The Bertz CT molecular complexity index is 603. The molecular formula is C16H23FN2OSi. The molecule has 3 nitrogen and oxygen atoms in total. The quantitative estimate of drug-likeness (QED) is 0.589. The lowest BCUT2D eigenvalue weighted by atomic mass is 10.1. The molecule has 0 unspecified atom stereocenters. The van der Waals surface area contributed by atoms with Gasteiger partial charge in [-0.3, -0.25) is 4.79 Å². The number of nitrogens with zero attached hydrogens (tertiary/aromatic N) is 2. The molecule has 0 atom stereocenters. The van der Waals surface area contributed by atoms with Gasteiger partial charge < -0.3 is 4.90 Å². The fourth-order valence-electron chi connectivity index (χ4n) is 1.39. The molecule has 0 fully saturated rings. The summed E-state index contributed by atoms with van der Waals surface area (Å²) in [5.74, 6) is 1.88. The monoisotopic (exact) mass is 306 g/mol. The lowest BCUT2D eigenvalue weighted by molar-refractivity contribution is 0.0644. The number of carbonyl (C=O) groups excluding carboxylic acids is 1. The lowest BCUT2D eigenvalue weighted by Crippen LogP contribution is -2.43. The number of pyridine rings is 1. The minimum atomic E-state index is -1.52. The molecule has 1 aromatic heterocycles. The Morgan fingerprint density at radius 3 is 2.33 bits per heavy atom. The first-order valence-corrected chi connectivity index (χ1v) is 10.4. The molecule has 0 N–H and O–H groups in total. The zero-order valence-corrected chi connectivity index (χ0v) is 14.8. The summed E-state index contributed by atoms with van der Waals surface area (Å²) in [6.07, 6.45) is 1.46. The van der Waals surface area contributed by atoms with Crippen LogP contribution >= 0.6 is 0 Å². The third kappa shape index (κ3) is 4.98. The van der Waals surface area contributed by atoms with Gasteiger partial charge in [-0.1, -0.05) is 25.6 Å². The number of aromatic nitrogens is 1. The highest BCUT2D eigenvalue weighted by Crippen LogP contribution is 2.16. The Labute approximate surface area is 127 Å². The van der Waals surface area contributed by atoms with Crippen molar-refractivity contribution in [3.8, 4) is 11.5 Å². The van der Waals surface area contributed by atoms with E-state index in [2.05, 4.69) is 36.1 Å². The van der Waals surface area contributed by atoms with Crippen LogP contribution in [0.2, 0.25) is 19.6 Å². The molecule has 0 radical (unpaired) electrons. The summed E-state index contributed by atoms with van der Waals surface area (Å²) in [6.45, 7) is 12.0. The van der Waals surface area contributed by atoms with Crippen LogP contribution in [0.4, 0.5) is 4.39 Å². The van der Waals surface area contributed by atoms with Crippen LogP contribution in [0.1, 0.15) is 36.8 Å². The number of amides is 1. The molecule has 0 aliphatic carbocycles. The van der Waals surface area contributed by atoms with Crippen LogP contribution < -0.4 is 0 Å². The van der Waals surface area contributed by atoms with Crippen molar-refractivity contribution >= 4 is 14.0 Å². The maximum atomic E-state index is 14.1. The van der Waals surface area contributed by atoms with Gasteiger partial charge >= 0.3 is 0 Å². The molecule has 0 saturated carbocycles. The predicted molar refractivity (Wildman–Crippen MR) is 86.3 cm³/mol. The summed E-state index contributed by atoms with van der Waals surface area (Å²) in [5, 5.41) is 0. The fourth-order valence-corrected chi connectivity index (χ4v) is 1.91. The molecule has 1 aromatic rings. The molecule has 0 aliphatic rings. The molecule has 114 valence electrons. The van der Waals surface area contributed by atoms with Crippen LogP contribution in [0.3, 0.4) is 0 Å². The van der Waals surface area contributed by atoms with Gasteiger partial charge in [0.05, 0.1) is 0 Å². The summed E-state index contributed by atoms with van der Waals surface area (Å²) in [5.41, 5.74) is 3.10. The van der Waals surface area contributed by atoms with E-state index in [0.29, 0.717) is 5.56 Å². The first-order valence-electron chi connectivity index (χ1n) is 6.89. The number of carbonyl (C=O) groups is 1. The molecule has 0 bridgehead atoms. The zero-order chi connectivity index (χ0) is 16.4. The summed E-state index contributed by atoms with van der Waals surface area (Å²) in [6, 6.07) is 1.28. The molecule has 0 saturated heterocycles. The highest BCUT2D eigenvalue weighted by molar-refractivity contribution is 6.83. The number of hydrogen-bond acceptors (Lipinski definition) is 2. The van der Waals surface area contributed by atoms with E-state index in [1.165, 1.54) is 17.2 Å². The van der Waals surface area contributed by atoms with Crippen molar-refractivity contribution in [1.82, 2.24) is 9.88 Å². The van der Waals surface area contributed by atoms with E-state index < -0.39 is 19.8 Å². The van der Waals surface area contributed by atoms with Gasteiger partial charge in [-0.25, -0.2) is 9.37 Å². The van der Waals surface area contributed by atoms with E-state index in [1.54, 1.807) is 7.05 Å². The number of hydrogen-bond donors (Lipinski definition) is 0. The molecular weight excluding hydrogens is 283 g/mol. The van der Waals surface area contributed by atoms with Crippen LogP contribution in [-0.4, -0.2) is 36.5 Å². The van der Waals surface area contributed by atoms with Crippen LogP contribution in [0, 0.1) is 17.3 Å². The highest BCUT2D eigenvalue weighted by Gasteiger charge is 2.26. The van der Waals surface area contributed by atoms with Gasteiger partial charge in [-0.05, 0) is 26.8 Å². The van der Waals surface area contributed by atoms with Crippen molar-refractivity contribution in [2.45, 2.75) is 46.0 Å². The summed E-state index contributed by atoms with van der Waals surface area (Å²) in [4.78, 5) is 17.7. The molecule has 1 heterocycles. The Hall–Kier alpha value is -1.67. The smallest absolute Gasteiger partial charge is 0.275 e. The summed E-state index contributed by atoms with van der Waals surface area (Å²) in [7, 11) is 0.119. The standard InChI is InChI=1S/C16H23FN2OSi/c1-16(2,3)19(4)15(20)14-13(17)10-12(11-18-14)8-9-21(5,6)7/h10-11H,1-7H3. The molecule has 21 heavy (non-hydrogen) atoms. The van der Waals surface area contributed by atoms with Crippen LogP contribution in [0.5, 0.6) is 0 Å². The van der Waals surface area contributed by atoms with E-state index in [1.807, 2.05) is 20.8 Å². The number of rotatable bonds is 1. The Morgan fingerprint density at radius 2 is 1.90 bits per heavy atom. The van der Waals surface area contributed by atoms with Crippen molar-refractivity contribution < 1.29 is 9.18 Å². The predicted octanol–water partition coefficient (Wildman–Crippen LogP) is 3.32. The van der Waals surface area contributed by atoms with Gasteiger partial charge in [-0.2, -0.15) is 0 Å². The zero-order valence-electron chi connectivity index (χ0n) is 13.8. The molecule has 1 rings (SSSR count). The van der Waals surface area contributed by atoms with Crippen molar-refractivity contribution in [2.75, 3.05) is 7.05 Å². The topological polar surface area (TPSA) is 33.2 Å². The lowest BCUT2D eigenvalue weighted by Gasteiger charge is -2.31. The second kappa shape index (κ2) is 5.98. The van der Waals surface area contributed by atoms with E-state index >= 15 is 0 Å². The maximum Gasteiger partial charge on any atom is 0.275 e. The van der Waals surface area contributed by atoms with Gasteiger partial charge in [0, 0.05) is 24.3 Å². The van der Waals surface area contributed by atoms with Gasteiger partial charge in [0.25, 0.3) is 5.91 Å². The van der Waals surface area contributed by atoms with E-state index in [4.69, 9.17) is 0 Å². The van der Waals surface area contributed by atoms with Crippen molar-refractivity contribution in [3.63, 3.8) is 0 Å². The summed E-state index contributed by atoms with van der Waals surface area (Å²) >= 11 is 0. The average molecular weight is 306 g/mol. The molecule has 5 heteroatoms. The molecule has 0 aromatic carbocycles. The van der Waals surface area contributed by atoms with Crippen molar-refractivity contribution in [1.29, 1.82) is 0 Å². The van der Waals surface area contributed by atoms with Crippen LogP contribution in [-0.2, 0) is 0 Å². The van der Waals surface area contributed by atoms with Gasteiger partial charge in [0.2, 0.25) is 0 Å². The van der Waals surface area contributed by atoms with E-state index in [0.717, 1.165) is 0 Å². The largest absolute Gasteiger partial charge is 0.335 e. The maximum absolute atomic E-state index is 14.1. The molecule has 0 aliphatic heterocycles. The first kappa shape index (κ1) is 17.4. The van der Waals surface area contributed by atoms with Crippen molar-refractivity contribution in [3.05, 3.63) is 29.3 Å². The van der Waals surface area contributed by atoms with E-state index in [-0.39, 0.29) is 11.2 Å². The normalized spacial score (nSPS) is 11.6. The third-order valence-corrected chi connectivity index (χ3v) is 3.81. The van der Waals surface area contributed by atoms with E-state index in [9.17, 15) is 9.18 Å². The summed E-state index contributed by atoms with van der Waals surface area (Å²) < 4.78 is 14.1. The van der Waals surface area contributed by atoms with Crippen LogP contribution in [0.25, 0.3) is 0 Å². The first-order chi connectivity index (χ1) is 9.42. The van der Waals surface area contributed by atoms with Crippen molar-refractivity contribution in [2.24, 2.45) is 0 Å². The Kier molecular flexibility index (Phi) is 4.95. The second-order valence-corrected chi connectivity index (χ2v) is 11.8. The number of halogens is 1. The van der Waals surface area contributed by atoms with Crippen LogP contribution in [0.15, 0.2) is 12.3 Å². The Morgan fingerprint density at radius 1 is 1.33 bits per heavy atom. The van der Waals surface area contributed by atoms with Gasteiger partial charge in [0.15, 0.2) is 11.5 Å². The average Bonchev–Trinajstić information content (AvgIpc) is 2.32. The third-order valence-electron chi connectivity index (χ3n) is 2.94. The molecule has 1 amide bonds. The highest BCUT2D eigenvalue weighted by atomic mass is 28.3. The minimum Gasteiger partial charge on any atom is -0.335 e. The second-order valence-electron chi connectivity index (χ2n) is 7.09. The Balaban J connectivity index is 3.09. The minimum absolute atomic E-state index is 0.161. The van der Waals surface area contributed by atoms with Gasteiger partial charge in [-0.15, -0.1) is 5.54 Å². The SMILES string of the molecule is CN(C(=O)c1ncc(C#C[Si](C)(C)C)cc1F)C(C)(C)C. The fraction of sp³-hybridized carbons (Fsp3) is 0.500. The van der Waals surface area contributed by atoms with Gasteiger partial charge in [0.1, 0.15) is 8.07 Å². The molecule has 0 spiro atoms.